The second-order valence-electron chi connectivity index (χ2n) is 10.4. The molecule has 4 rings (SSSR count). The van der Waals surface area contributed by atoms with Crippen LogP contribution in [-0.2, 0) is 6.18 Å². The molecule has 0 bridgehead atoms. The van der Waals surface area contributed by atoms with Gasteiger partial charge in [-0.05, 0) is 61.5 Å². The fourth-order valence-corrected chi connectivity index (χ4v) is 4.54. The zero-order chi connectivity index (χ0) is 31.3. The van der Waals surface area contributed by atoms with Gasteiger partial charge in [-0.1, -0.05) is 6.92 Å². The molecule has 0 radical (unpaired) electrons. The molecule has 0 fully saturated rings. The topological polar surface area (TPSA) is 124 Å². The normalized spacial score (nSPS) is 17.6. The number of aliphatic hydroxyl groups is 1. The number of aliphatic hydroxyl groups excluding tert-OH is 1. The molecule has 4 amide bonds. The number of benzene rings is 2. The molecule has 0 aliphatic carbocycles. The van der Waals surface area contributed by atoms with Gasteiger partial charge >= 0.3 is 12.2 Å². The van der Waals surface area contributed by atoms with E-state index in [-0.39, 0.29) is 42.6 Å². The average Bonchev–Trinajstić information content (AvgIpc) is 2.99. The molecule has 0 saturated heterocycles. The molecule has 13 heteroatoms. The number of hydrogen-bond acceptors (Lipinski definition) is 6. The van der Waals surface area contributed by atoms with Crippen molar-refractivity contribution in [3.63, 3.8) is 0 Å². The highest BCUT2D eigenvalue weighted by Gasteiger charge is 2.34. The van der Waals surface area contributed by atoms with E-state index < -0.39 is 41.7 Å². The van der Waals surface area contributed by atoms with E-state index in [9.17, 15) is 32.7 Å². The van der Waals surface area contributed by atoms with Gasteiger partial charge in [-0.2, -0.15) is 13.2 Å². The van der Waals surface area contributed by atoms with E-state index >= 15 is 0 Å². The average molecular weight is 600 g/mol. The van der Waals surface area contributed by atoms with Crippen LogP contribution in [0, 0.1) is 5.92 Å². The molecule has 0 unspecified atom stereocenters. The maximum atomic E-state index is 13.6. The standard InChI is InChI=1S/C30H32F3N5O5/c1-18-15-38(19(2)17-39)28(41)24-14-23(35-27(40)20-10-12-34-13-11-20)8-9-25(24)43-26(18)16-37(3)29(42)36-22-6-4-21(5-7-22)30(31,32)33/h4-14,18-19,26,39H,15-17H2,1-3H3,(H,35,40)(H,36,42)/t18-,19+,26-/m1/s1. The highest BCUT2D eigenvalue weighted by atomic mass is 19.4. The van der Waals surface area contributed by atoms with Gasteiger partial charge in [0.25, 0.3) is 11.8 Å². The molecule has 3 atom stereocenters. The molecule has 1 aromatic heterocycles. The number of nitrogens with one attached hydrogen (secondary N) is 2. The summed E-state index contributed by atoms with van der Waals surface area (Å²) in [6.07, 6.45) is -2.12. The molecular weight excluding hydrogens is 567 g/mol. The number of carbonyl (C=O) groups excluding carboxylic acids is 3. The van der Waals surface area contributed by atoms with Gasteiger partial charge in [0.2, 0.25) is 0 Å². The quantitative estimate of drug-likeness (QED) is 0.361. The molecule has 228 valence electrons. The van der Waals surface area contributed by atoms with Crippen molar-refractivity contribution in [1.29, 1.82) is 0 Å². The molecule has 0 spiro atoms. The Kier molecular flexibility index (Phi) is 9.54. The van der Waals surface area contributed by atoms with Gasteiger partial charge in [-0.15, -0.1) is 0 Å². The summed E-state index contributed by atoms with van der Waals surface area (Å²) in [6, 6.07) is 10.8. The van der Waals surface area contributed by atoms with Gasteiger partial charge in [-0.25, -0.2) is 4.79 Å². The lowest BCUT2D eigenvalue weighted by atomic mass is 9.99. The van der Waals surface area contributed by atoms with E-state index in [2.05, 4.69) is 15.6 Å². The molecule has 1 aliphatic heterocycles. The summed E-state index contributed by atoms with van der Waals surface area (Å²) < 4.78 is 44.9. The minimum absolute atomic E-state index is 0.0726. The van der Waals surface area contributed by atoms with E-state index in [1.54, 1.807) is 31.2 Å². The van der Waals surface area contributed by atoms with Gasteiger partial charge in [0, 0.05) is 48.8 Å². The number of fused-ring (bicyclic) bond motifs is 1. The zero-order valence-electron chi connectivity index (χ0n) is 23.8. The molecule has 3 aromatic rings. The largest absolute Gasteiger partial charge is 0.487 e. The first kappa shape index (κ1) is 31.3. The highest BCUT2D eigenvalue weighted by molar-refractivity contribution is 6.05. The number of alkyl halides is 3. The van der Waals surface area contributed by atoms with Crippen molar-refractivity contribution in [3.05, 3.63) is 83.7 Å². The molecule has 0 saturated carbocycles. The van der Waals surface area contributed by atoms with Gasteiger partial charge < -0.3 is 30.3 Å². The van der Waals surface area contributed by atoms with Crippen LogP contribution >= 0.6 is 0 Å². The Hall–Kier alpha value is -4.65. The fourth-order valence-electron chi connectivity index (χ4n) is 4.54. The second-order valence-corrected chi connectivity index (χ2v) is 10.4. The van der Waals surface area contributed by atoms with Crippen molar-refractivity contribution in [1.82, 2.24) is 14.8 Å². The van der Waals surface area contributed by atoms with Gasteiger partial charge in [0.05, 0.1) is 30.3 Å². The van der Waals surface area contributed by atoms with Crippen LogP contribution in [0.5, 0.6) is 5.75 Å². The van der Waals surface area contributed by atoms with Crippen LogP contribution in [0.1, 0.15) is 40.1 Å². The number of aromatic nitrogens is 1. The Morgan fingerprint density at radius 2 is 1.74 bits per heavy atom. The summed E-state index contributed by atoms with van der Waals surface area (Å²) in [5.41, 5.74) is 0.266. The lowest BCUT2D eigenvalue weighted by Gasteiger charge is -2.38. The summed E-state index contributed by atoms with van der Waals surface area (Å²) >= 11 is 0. The maximum absolute atomic E-state index is 13.6. The number of nitrogens with zero attached hydrogens (tertiary/aromatic N) is 3. The third-order valence-corrected chi connectivity index (χ3v) is 7.13. The van der Waals surface area contributed by atoms with Crippen LogP contribution in [0.4, 0.5) is 29.3 Å². The molecule has 10 nitrogen and oxygen atoms in total. The first-order valence-electron chi connectivity index (χ1n) is 13.5. The SMILES string of the molecule is C[C@@H]1CN([C@@H](C)CO)C(=O)c2cc(NC(=O)c3ccncc3)ccc2O[C@@H]1CN(C)C(=O)Nc1ccc(C(F)(F)F)cc1. The van der Waals surface area contributed by atoms with Crippen LogP contribution in [0.15, 0.2) is 67.0 Å². The van der Waals surface area contributed by atoms with Crippen molar-refractivity contribution in [2.75, 3.05) is 37.4 Å². The molecule has 43 heavy (non-hydrogen) atoms. The number of halogens is 3. The number of hydrogen-bond donors (Lipinski definition) is 3. The van der Waals surface area contributed by atoms with Gasteiger partial charge in [-0.3, -0.25) is 14.6 Å². The number of likely N-dealkylation sites (N-methyl/N-ethyl adjacent to an activating group) is 1. The number of amides is 4. The Morgan fingerprint density at radius 1 is 1.09 bits per heavy atom. The monoisotopic (exact) mass is 599 g/mol. The third kappa shape index (κ3) is 7.60. The number of pyridine rings is 1. The number of anilines is 2. The number of carbonyl (C=O) groups is 3. The first-order valence-corrected chi connectivity index (χ1v) is 13.5. The highest BCUT2D eigenvalue weighted by Crippen LogP contribution is 2.32. The van der Waals surface area contributed by atoms with Crippen molar-refractivity contribution >= 4 is 29.2 Å². The maximum Gasteiger partial charge on any atom is 0.416 e. The predicted octanol–water partition coefficient (Wildman–Crippen LogP) is 4.74. The van der Waals surface area contributed by atoms with Crippen LogP contribution in [0.2, 0.25) is 0 Å². The summed E-state index contributed by atoms with van der Waals surface area (Å²) in [6.45, 7) is 3.55. The summed E-state index contributed by atoms with van der Waals surface area (Å²) in [7, 11) is 1.52. The number of urea groups is 1. The van der Waals surface area contributed by atoms with E-state index in [1.807, 2.05) is 6.92 Å². The lowest BCUT2D eigenvalue weighted by molar-refractivity contribution is -0.137. The molecule has 3 N–H and O–H groups in total. The van der Waals surface area contributed by atoms with Crippen molar-refractivity contribution in [3.8, 4) is 5.75 Å². The Bertz CT molecular complexity index is 1450. The minimum Gasteiger partial charge on any atom is -0.487 e. The summed E-state index contributed by atoms with van der Waals surface area (Å²) in [4.78, 5) is 46.0. The van der Waals surface area contributed by atoms with Gasteiger partial charge in [0.15, 0.2) is 0 Å². The molecule has 2 aromatic carbocycles. The number of rotatable bonds is 7. The van der Waals surface area contributed by atoms with Crippen LogP contribution in [-0.4, -0.2) is 76.6 Å². The molecule has 1 aliphatic rings. The van der Waals surface area contributed by atoms with Crippen molar-refractivity contribution < 1.29 is 37.4 Å². The molecular formula is C30H32F3N5O5. The van der Waals surface area contributed by atoms with Gasteiger partial charge in [0.1, 0.15) is 11.9 Å². The van der Waals surface area contributed by atoms with Crippen LogP contribution in [0.25, 0.3) is 0 Å². The van der Waals surface area contributed by atoms with E-state index in [0.29, 0.717) is 11.3 Å². The molecule has 2 heterocycles. The van der Waals surface area contributed by atoms with Crippen LogP contribution < -0.4 is 15.4 Å². The fraction of sp³-hybridized carbons (Fsp3) is 0.333. The van der Waals surface area contributed by atoms with E-state index in [1.165, 1.54) is 47.4 Å². The van der Waals surface area contributed by atoms with E-state index in [4.69, 9.17) is 4.74 Å². The number of ether oxygens (including phenoxy) is 1. The third-order valence-electron chi connectivity index (χ3n) is 7.13. The Labute approximate surface area is 246 Å². The zero-order valence-corrected chi connectivity index (χ0v) is 23.8. The van der Waals surface area contributed by atoms with Crippen molar-refractivity contribution in [2.45, 2.75) is 32.2 Å². The smallest absolute Gasteiger partial charge is 0.416 e. The Morgan fingerprint density at radius 3 is 2.37 bits per heavy atom. The Balaban J connectivity index is 1.55. The summed E-state index contributed by atoms with van der Waals surface area (Å²) in [5, 5.41) is 15.2. The summed E-state index contributed by atoms with van der Waals surface area (Å²) in [5.74, 6) is -0.849. The minimum atomic E-state index is -4.49. The van der Waals surface area contributed by atoms with E-state index in [0.717, 1.165) is 12.1 Å². The lowest BCUT2D eigenvalue weighted by Crippen LogP contribution is -2.50. The predicted molar refractivity (Wildman–Crippen MR) is 153 cm³/mol. The van der Waals surface area contributed by atoms with Crippen molar-refractivity contribution in [2.24, 2.45) is 5.92 Å². The first-order chi connectivity index (χ1) is 20.4. The van der Waals surface area contributed by atoms with Crippen LogP contribution in [0.3, 0.4) is 0 Å². The second kappa shape index (κ2) is 13.1.